The number of rotatable bonds is 4. The molecule has 0 saturated carbocycles. The van der Waals surface area contributed by atoms with Gasteiger partial charge in [0.1, 0.15) is 0 Å². The molecule has 2 aromatic rings. The molecule has 5 nitrogen and oxygen atoms in total. The van der Waals surface area contributed by atoms with Crippen molar-refractivity contribution in [1.82, 2.24) is 0 Å². The van der Waals surface area contributed by atoms with E-state index >= 15 is 0 Å². The first-order valence-electron chi connectivity index (χ1n) is 8.00. The van der Waals surface area contributed by atoms with Crippen molar-refractivity contribution in [3.8, 4) is 0 Å². The van der Waals surface area contributed by atoms with E-state index < -0.39 is 10.0 Å². The maximum atomic E-state index is 12.3. The number of nitrogens with zero attached hydrogens (tertiary/aromatic N) is 1. The van der Waals surface area contributed by atoms with Crippen LogP contribution in [0.4, 0.5) is 11.4 Å². The molecule has 1 amide bonds. The van der Waals surface area contributed by atoms with Crippen LogP contribution in [0, 0.1) is 6.92 Å². The first kappa shape index (κ1) is 17.8. The van der Waals surface area contributed by atoms with Crippen LogP contribution in [0.15, 0.2) is 42.5 Å². The number of amides is 1. The van der Waals surface area contributed by atoms with Gasteiger partial charge in [-0.3, -0.25) is 9.10 Å². The zero-order valence-corrected chi connectivity index (χ0v) is 15.4. The van der Waals surface area contributed by atoms with Crippen LogP contribution in [0.25, 0.3) is 0 Å². The molecule has 0 bridgehead atoms. The van der Waals surface area contributed by atoms with Crippen LogP contribution in [0.1, 0.15) is 17.5 Å². The molecule has 7 heteroatoms. The number of carbonyl (C=O) groups is 1. The second-order valence-electron chi connectivity index (χ2n) is 6.12. The molecule has 0 unspecified atom stereocenters. The van der Waals surface area contributed by atoms with Crippen molar-refractivity contribution in [2.75, 3.05) is 21.9 Å². The summed E-state index contributed by atoms with van der Waals surface area (Å²) in [7, 11) is -3.32. The summed E-state index contributed by atoms with van der Waals surface area (Å²) < 4.78 is 25.5. The Hall–Kier alpha value is -2.05. The summed E-state index contributed by atoms with van der Waals surface area (Å²) in [5.41, 5.74) is 2.96. The average Bonchev–Trinajstić information content (AvgIpc) is 2.88. The third kappa shape index (κ3) is 4.14. The zero-order chi connectivity index (χ0) is 18.0. The maximum Gasteiger partial charge on any atom is 0.235 e. The molecule has 1 aliphatic rings. The molecular weight excluding hydrogens is 360 g/mol. The van der Waals surface area contributed by atoms with Gasteiger partial charge in [-0.15, -0.1) is 0 Å². The van der Waals surface area contributed by atoms with Crippen LogP contribution in [0.2, 0.25) is 5.02 Å². The van der Waals surface area contributed by atoms with Crippen molar-refractivity contribution < 1.29 is 13.2 Å². The molecular formula is C18H19ClN2O3S. The van der Waals surface area contributed by atoms with E-state index in [1.54, 1.807) is 18.2 Å². The lowest BCUT2D eigenvalue weighted by molar-refractivity contribution is -0.115. The predicted molar refractivity (Wildman–Crippen MR) is 101 cm³/mol. The molecule has 0 aliphatic carbocycles. The van der Waals surface area contributed by atoms with Gasteiger partial charge < -0.3 is 5.32 Å². The monoisotopic (exact) mass is 378 g/mol. The predicted octanol–water partition coefficient (Wildman–Crippen LogP) is 3.37. The molecule has 25 heavy (non-hydrogen) atoms. The Morgan fingerprint density at radius 1 is 1.24 bits per heavy atom. The molecule has 2 aromatic carbocycles. The molecule has 1 aliphatic heterocycles. The highest BCUT2D eigenvalue weighted by Crippen LogP contribution is 2.33. The van der Waals surface area contributed by atoms with Crippen molar-refractivity contribution in [3.63, 3.8) is 0 Å². The van der Waals surface area contributed by atoms with E-state index in [9.17, 15) is 13.2 Å². The number of aryl methyl sites for hydroxylation is 1. The molecule has 0 atom stereocenters. The number of halogens is 1. The number of hydrogen-bond acceptors (Lipinski definition) is 3. The summed E-state index contributed by atoms with van der Waals surface area (Å²) in [4.78, 5) is 12.3. The largest absolute Gasteiger partial charge is 0.326 e. The van der Waals surface area contributed by atoms with E-state index in [-0.39, 0.29) is 18.1 Å². The second kappa shape index (κ2) is 7.06. The molecule has 1 fully saturated rings. The number of benzene rings is 2. The number of carbonyl (C=O) groups excluding carboxylic acids is 1. The molecule has 1 heterocycles. The second-order valence-corrected chi connectivity index (χ2v) is 8.54. The van der Waals surface area contributed by atoms with Crippen LogP contribution in [-0.4, -0.2) is 26.6 Å². The normalized spacial score (nSPS) is 16.0. The highest BCUT2D eigenvalue weighted by molar-refractivity contribution is 7.93. The summed E-state index contributed by atoms with van der Waals surface area (Å²) in [5.74, 6) is -0.0454. The number of anilines is 2. The molecule has 0 radical (unpaired) electrons. The lowest BCUT2D eigenvalue weighted by Gasteiger charge is -2.19. The highest BCUT2D eigenvalue weighted by atomic mass is 35.5. The summed E-state index contributed by atoms with van der Waals surface area (Å²) in [6.45, 7) is 2.38. The van der Waals surface area contributed by atoms with Gasteiger partial charge >= 0.3 is 0 Å². The van der Waals surface area contributed by atoms with Gasteiger partial charge in [0.25, 0.3) is 0 Å². The SMILES string of the molecule is Cc1cccc(CC(=O)Nc2ccc(Cl)c(N3CCCS3(=O)=O)c2)c1. The van der Waals surface area contributed by atoms with Crippen LogP contribution < -0.4 is 9.62 Å². The van der Waals surface area contributed by atoms with Crippen LogP contribution in [0.5, 0.6) is 0 Å². The summed E-state index contributed by atoms with van der Waals surface area (Å²) in [5, 5.41) is 3.16. The van der Waals surface area contributed by atoms with Crippen molar-refractivity contribution in [3.05, 3.63) is 58.6 Å². The maximum absolute atomic E-state index is 12.3. The van der Waals surface area contributed by atoms with Gasteiger partial charge in [0.2, 0.25) is 15.9 Å². The average molecular weight is 379 g/mol. The van der Waals surface area contributed by atoms with Crippen LogP contribution >= 0.6 is 11.6 Å². The van der Waals surface area contributed by atoms with Gasteiger partial charge in [0.15, 0.2) is 0 Å². The zero-order valence-electron chi connectivity index (χ0n) is 13.8. The smallest absolute Gasteiger partial charge is 0.235 e. The van der Waals surface area contributed by atoms with Gasteiger partial charge in [-0.05, 0) is 37.1 Å². The third-order valence-electron chi connectivity index (χ3n) is 4.05. The number of nitrogens with one attached hydrogen (secondary N) is 1. The van der Waals surface area contributed by atoms with E-state index in [1.165, 1.54) is 4.31 Å². The Balaban J connectivity index is 1.77. The lowest BCUT2D eigenvalue weighted by Crippen LogP contribution is -2.25. The molecule has 0 aromatic heterocycles. The minimum atomic E-state index is -3.32. The van der Waals surface area contributed by atoms with Gasteiger partial charge in [-0.2, -0.15) is 0 Å². The minimum absolute atomic E-state index is 0.118. The van der Waals surface area contributed by atoms with Crippen LogP contribution in [-0.2, 0) is 21.2 Å². The lowest BCUT2D eigenvalue weighted by atomic mass is 10.1. The van der Waals surface area contributed by atoms with E-state index in [0.29, 0.717) is 29.4 Å². The Morgan fingerprint density at radius 3 is 2.72 bits per heavy atom. The highest BCUT2D eigenvalue weighted by Gasteiger charge is 2.30. The fraction of sp³-hybridized carbons (Fsp3) is 0.278. The molecule has 3 rings (SSSR count). The quantitative estimate of drug-likeness (QED) is 0.886. The van der Waals surface area contributed by atoms with E-state index in [0.717, 1.165) is 11.1 Å². The van der Waals surface area contributed by atoms with Crippen LogP contribution in [0.3, 0.4) is 0 Å². The first-order chi connectivity index (χ1) is 11.8. The van der Waals surface area contributed by atoms with Gasteiger partial charge in [-0.1, -0.05) is 41.4 Å². The van der Waals surface area contributed by atoms with E-state index in [2.05, 4.69) is 5.32 Å². The standard InChI is InChI=1S/C18H19ClN2O3S/c1-13-4-2-5-14(10-13)11-18(22)20-15-6-7-16(19)17(12-15)21-8-3-9-25(21,23)24/h2,4-7,10,12H,3,8-9,11H2,1H3,(H,20,22). The van der Waals surface area contributed by atoms with Crippen molar-refractivity contribution in [2.24, 2.45) is 0 Å². The van der Waals surface area contributed by atoms with Crippen molar-refractivity contribution >= 4 is 38.9 Å². The Kier molecular flexibility index (Phi) is 5.01. The van der Waals surface area contributed by atoms with Gasteiger partial charge in [-0.25, -0.2) is 8.42 Å². The number of hydrogen-bond donors (Lipinski definition) is 1. The molecule has 132 valence electrons. The minimum Gasteiger partial charge on any atom is -0.326 e. The van der Waals surface area contributed by atoms with Gasteiger partial charge in [0.05, 0.1) is 22.9 Å². The molecule has 0 spiro atoms. The molecule has 1 N–H and O–H groups in total. The third-order valence-corrected chi connectivity index (χ3v) is 6.22. The topological polar surface area (TPSA) is 66.5 Å². The van der Waals surface area contributed by atoms with Gasteiger partial charge in [0, 0.05) is 12.2 Å². The number of sulfonamides is 1. The van der Waals surface area contributed by atoms with Crippen molar-refractivity contribution in [2.45, 2.75) is 19.8 Å². The summed E-state index contributed by atoms with van der Waals surface area (Å²) in [6.07, 6.45) is 0.824. The Bertz CT molecular complexity index is 912. The summed E-state index contributed by atoms with van der Waals surface area (Å²) in [6, 6.07) is 12.6. The van der Waals surface area contributed by atoms with Crippen molar-refractivity contribution in [1.29, 1.82) is 0 Å². The first-order valence-corrected chi connectivity index (χ1v) is 9.99. The Morgan fingerprint density at radius 2 is 2.04 bits per heavy atom. The van der Waals surface area contributed by atoms with E-state index in [1.807, 2.05) is 31.2 Å². The molecule has 1 saturated heterocycles. The van der Waals surface area contributed by atoms with E-state index in [4.69, 9.17) is 11.6 Å². The Labute approximate surface area is 152 Å². The summed E-state index contributed by atoms with van der Waals surface area (Å²) >= 11 is 6.17. The fourth-order valence-corrected chi connectivity index (χ4v) is 4.75. The fourth-order valence-electron chi connectivity index (χ4n) is 2.90.